The molecule has 1 aromatic carbocycles. The number of carbonyl (C=O) groups is 2. The molecule has 0 saturated heterocycles. The molecule has 4 nitrogen and oxygen atoms in total. The lowest BCUT2D eigenvalue weighted by atomic mass is 10.1. The minimum atomic E-state index is -0.136. The topological polar surface area (TPSA) is 58.2 Å². The Hall–Kier alpha value is -1.36. The normalized spacial score (nSPS) is 15.5. The van der Waals surface area contributed by atoms with Crippen molar-refractivity contribution in [3.63, 3.8) is 0 Å². The first-order valence-electron chi connectivity index (χ1n) is 6.86. The Kier molecular flexibility index (Phi) is 5.17. The van der Waals surface area contributed by atoms with Gasteiger partial charge in [-0.15, -0.1) is 0 Å². The Labute approximate surface area is 127 Å². The van der Waals surface area contributed by atoms with Crippen molar-refractivity contribution in [3.05, 3.63) is 34.3 Å². The van der Waals surface area contributed by atoms with Crippen LogP contribution in [0.15, 0.2) is 28.7 Å². The molecular weight excluding hydrogens is 320 g/mol. The summed E-state index contributed by atoms with van der Waals surface area (Å²) in [7, 11) is 0. The minimum absolute atomic E-state index is 0.000660. The zero-order chi connectivity index (χ0) is 14.5. The molecule has 20 heavy (non-hydrogen) atoms. The SMILES string of the molecule is C[C@@H](Cc1ccc(Br)cc1)NC(=O)CNC(=O)C1CC1. The van der Waals surface area contributed by atoms with Crippen molar-refractivity contribution in [2.24, 2.45) is 5.92 Å². The molecule has 1 atom stereocenters. The molecule has 1 aliphatic rings. The van der Waals surface area contributed by atoms with E-state index in [1.54, 1.807) is 0 Å². The Morgan fingerprint density at radius 2 is 1.95 bits per heavy atom. The van der Waals surface area contributed by atoms with Crippen LogP contribution in [0.4, 0.5) is 0 Å². The van der Waals surface area contributed by atoms with Gasteiger partial charge in [-0.2, -0.15) is 0 Å². The van der Waals surface area contributed by atoms with Gasteiger partial charge in [-0.1, -0.05) is 28.1 Å². The van der Waals surface area contributed by atoms with Gasteiger partial charge in [-0.3, -0.25) is 9.59 Å². The number of hydrogen-bond donors (Lipinski definition) is 2. The predicted molar refractivity (Wildman–Crippen MR) is 81.2 cm³/mol. The van der Waals surface area contributed by atoms with E-state index in [2.05, 4.69) is 26.6 Å². The van der Waals surface area contributed by atoms with Crippen LogP contribution < -0.4 is 10.6 Å². The maximum atomic E-state index is 11.7. The van der Waals surface area contributed by atoms with E-state index in [1.807, 2.05) is 31.2 Å². The van der Waals surface area contributed by atoms with Crippen LogP contribution in [0.2, 0.25) is 0 Å². The van der Waals surface area contributed by atoms with Crippen LogP contribution in [0.25, 0.3) is 0 Å². The van der Waals surface area contributed by atoms with Crippen LogP contribution in [0.3, 0.4) is 0 Å². The summed E-state index contributed by atoms with van der Waals surface area (Å²) in [6.45, 7) is 2.03. The number of nitrogens with one attached hydrogen (secondary N) is 2. The third kappa shape index (κ3) is 4.96. The maximum Gasteiger partial charge on any atom is 0.239 e. The molecule has 0 heterocycles. The number of amides is 2. The molecule has 1 saturated carbocycles. The van der Waals surface area contributed by atoms with Crippen molar-refractivity contribution in [2.45, 2.75) is 32.2 Å². The van der Waals surface area contributed by atoms with Gasteiger partial charge in [-0.25, -0.2) is 0 Å². The lowest BCUT2D eigenvalue weighted by Crippen LogP contribution is -2.42. The minimum Gasteiger partial charge on any atom is -0.352 e. The van der Waals surface area contributed by atoms with E-state index in [0.29, 0.717) is 0 Å². The van der Waals surface area contributed by atoms with Gasteiger partial charge < -0.3 is 10.6 Å². The molecule has 2 rings (SSSR count). The molecule has 2 N–H and O–H groups in total. The van der Waals surface area contributed by atoms with Crippen molar-refractivity contribution >= 4 is 27.7 Å². The fraction of sp³-hybridized carbons (Fsp3) is 0.467. The summed E-state index contributed by atoms with van der Waals surface area (Å²) in [4.78, 5) is 23.1. The zero-order valence-corrected chi connectivity index (χ0v) is 13.1. The van der Waals surface area contributed by atoms with Crippen molar-refractivity contribution < 1.29 is 9.59 Å². The molecule has 1 fully saturated rings. The summed E-state index contributed by atoms with van der Waals surface area (Å²) >= 11 is 3.39. The summed E-state index contributed by atoms with van der Waals surface area (Å²) in [6.07, 6.45) is 2.68. The summed E-state index contributed by atoms with van der Waals surface area (Å²) in [5.41, 5.74) is 1.17. The molecule has 0 unspecified atom stereocenters. The highest BCUT2D eigenvalue weighted by molar-refractivity contribution is 9.10. The molecule has 108 valence electrons. The van der Waals surface area contributed by atoms with Crippen LogP contribution >= 0.6 is 15.9 Å². The molecule has 0 aromatic heterocycles. The van der Waals surface area contributed by atoms with E-state index >= 15 is 0 Å². The summed E-state index contributed by atoms with van der Waals surface area (Å²) < 4.78 is 1.04. The Balaban J connectivity index is 1.70. The summed E-state index contributed by atoms with van der Waals surface area (Å²) in [5, 5.41) is 5.56. The molecular formula is C15H19BrN2O2. The number of benzene rings is 1. The molecule has 0 bridgehead atoms. The largest absolute Gasteiger partial charge is 0.352 e. The van der Waals surface area contributed by atoms with Gasteiger partial charge in [-0.05, 0) is 43.9 Å². The molecule has 1 aromatic rings. The monoisotopic (exact) mass is 338 g/mol. The second-order valence-electron chi connectivity index (χ2n) is 5.29. The Morgan fingerprint density at radius 3 is 2.55 bits per heavy atom. The zero-order valence-electron chi connectivity index (χ0n) is 11.5. The van der Waals surface area contributed by atoms with Gasteiger partial charge in [0.15, 0.2) is 0 Å². The highest BCUT2D eigenvalue weighted by Gasteiger charge is 2.29. The second kappa shape index (κ2) is 6.88. The van der Waals surface area contributed by atoms with Crippen molar-refractivity contribution in [2.75, 3.05) is 6.54 Å². The highest BCUT2D eigenvalue weighted by atomic mass is 79.9. The predicted octanol–water partition coefficient (Wildman–Crippen LogP) is 2.02. The fourth-order valence-electron chi connectivity index (χ4n) is 2.01. The summed E-state index contributed by atoms with van der Waals surface area (Å²) in [5.74, 6) is 0.00677. The fourth-order valence-corrected chi connectivity index (χ4v) is 2.27. The Bertz CT molecular complexity index is 483. The third-order valence-corrected chi connectivity index (χ3v) is 3.76. The molecule has 0 radical (unpaired) electrons. The van der Waals surface area contributed by atoms with Crippen LogP contribution in [-0.4, -0.2) is 24.4 Å². The molecule has 5 heteroatoms. The molecule has 2 amide bonds. The Morgan fingerprint density at radius 1 is 1.30 bits per heavy atom. The first-order chi connectivity index (χ1) is 9.54. The first kappa shape index (κ1) is 15.0. The van der Waals surface area contributed by atoms with Gasteiger partial charge in [0.25, 0.3) is 0 Å². The molecule has 1 aliphatic carbocycles. The van der Waals surface area contributed by atoms with E-state index in [-0.39, 0.29) is 30.3 Å². The van der Waals surface area contributed by atoms with Crippen molar-refractivity contribution in [1.82, 2.24) is 10.6 Å². The lowest BCUT2D eigenvalue weighted by molar-refractivity contribution is -0.127. The van der Waals surface area contributed by atoms with Gasteiger partial charge >= 0.3 is 0 Å². The third-order valence-electron chi connectivity index (χ3n) is 3.23. The van der Waals surface area contributed by atoms with E-state index in [9.17, 15) is 9.59 Å². The number of carbonyl (C=O) groups excluding carboxylic acids is 2. The van der Waals surface area contributed by atoms with E-state index in [4.69, 9.17) is 0 Å². The highest BCUT2D eigenvalue weighted by Crippen LogP contribution is 2.28. The smallest absolute Gasteiger partial charge is 0.239 e. The number of halogens is 1. The number of hydrogen-bond acceptors (Lipinski definition) is 2. The van der Waals surface area contributed by atoms with E-state index in [0.717, 1.165) is 23.7 Å². The van der Waals surface area contributed by atoms with Gasteiger partial charge in [0.2, 0.25) is 11.8 Å². The van der Waals surface area contributed by atoms with Crippen LogP contribution in [-0.2, 0) is 16.0 Å². The molecule has 0 spiro atoms. The standard InChI is InChI=1S/C15H19BrN2O2/c1-10(8-11-2-6-13(16)7-3-11)18-14(19)9-17-15(20)12-4-5-12/h2-3,6-7,10,12H,4-5,8-9H2,1H3,(H,17,20)(H,18,19)/t10-/m0/s1. The molecule has 0 aliphatic heterocycles. The van der Waals surface area contributed by atoms with Crippen LogP contribution in [0.5, 0.6) is 0 Å². The average molecular weight is 339 g/mol. The van der Waals surface area contributed by atoms with Gasteiger partial charge in [0, 0.05) is 16.4 Å². The van der Waals surface area contributed by atoms with E-state index < -0.39 is 0 Å². The number of rotatable bonds is 6. The van der Waals surface area contributed by atoms with Gasteiger partial charge in [0.05, 0.1) is 6.54 Å². The summed E-state index contributed by atoms with van der Waals surface area (Å²) in [6, 6.07) is 8.07. The first-order valence-corrected chi connectivity index (χ1v) is 7.65. The van der Waals surface area contributed by atoms with Crippen LogP contribution in [0, 0.1) is 5.92 Å². The van der Waals surface area contributed by atoms with Crippen molar-refractivity contribution in [1.29, 1.82) is 0 Å². The van der Waals surface area contributed by atoms with Crippen molar-refractivity contribution in [3.8, 4) is 0 Å². The average Bonchev–Trinajstić information content (AvgIpc) is 3.23. The lowest BCUT2D eigenvalue weighted by Gasteiger charge is -2.14. The van der Waals surface area contributed by atoms with Crippen LogP contribution in [0.1, 0.15) is 25.3 Å². The van der Waals surface area contributed by atoms with Gasteiger partial charge in [0.1, 0.15) is 0 Å². The maximum absolute atomic E-state index is 11.7. The quantitative estimate of drug-likeness (QED) is 0.833. The van der Waals surface area contributed by atoms with E-state index in [1.165, 1.54) is 5.56 Å². The second-order valence-corrected chi connectivity index (χ2v) is 6.21.